The van der Waals surface area contributed by atoms with Gasteiger partial charge in [-0.2, -0.15) is 0 Å². The van der Waals surface area contributed by atoms with Crippen molar-refractivity contribution >= 4 is 22.6 Å². The number of anilines is 1. The Morgan fingerprint density at radius 1 is 1.00 bits per heavy atom. The first-order valence-corrected chi connectivity index (χ1v) is 13.5. The van der Waals surface area contributed by atoms with Crippen molar-refractivity contribution in [2.45, 2.75) is 76.4 Å². The molecule has 2 aliphatic rings. The van der Waals surface area contributed by atoms with Crippen molar-refractivity contribution in [2.24, 2.45) is 0 Å². The summed E-state index contributed by atoms with van der Waals surface area (Å²) >= 11 is 0. The van der Waals surface area contributed by atoms with Gasteiger partial charge >= 0.3 is 11.7 Å². The van der Waals surface area contributed by atoms with Gasteiger partial charge in [0.1, 0.15) is 18.2 Å². The lowest BCUT2D eigenvalue weighted by Crippen LogP contribution is -2.42. The van der Waals surface area contributed by atoms with Gasteiger partial charge in [-0.15, -0.1) is 0 Å². The normalized spacial score (nSPS) is 16.6. The minimum atomic E-state index is -0.521. The highest BCUT2D eigenvalue weighted by Gasteiger charge is 2.25. The van der Waals surface area contributed by atoms with Gasteiger partial charge in [0, 0.05) is 12.1 Å². The molecule has 2 aromatic carbocycles. The Morgan fingerprint density at radius 2 is 1.68 bits per heavy atom. The van der Waals surface area contributed by atoms with Crippen LogP contribution in [0.25, 0.3) is 10.9 Å². The van der Waals surface area contributed by atoms with Crippen LogP contribution in [0.4, 0.5) is 10.1 Å². The van der Waals surface area contributed by atoms with Gasteiger partial charge in [-0.3, -0.25) is 13.9 Å². The molecule has 0 spiro atoms. The number of halogens is 1. The zero-order valence-electron chi connectivity index (χ0n) is 21.7. The molecule has 2 aliphatic carbocycles. The lowest BCUT2D eigenvalue weighted by molar-refractivity contribution is 0.0600. The number of fused-ring (bicyclic) bond motifs is 1. The van der Waals surface area contributed by atoms with Gasteiger partial charge in [-0.05, 0) is 62.1 Å². The van der Waals surface area contributed by atoms with E-state index >= 15 is 4.39 Å². The average molecular weight is 524 g/mol. The van der Waals surface area contributed by atoms with Crippen LogP contribution in [0.15, 0.2) is 46.0 Å². The fourth-order valence-electron chi connectivity index (χ4n) is 5.75. The summed E-state index contributed by atoms with van der Waals surface area (Å²) < 4.78 is 28.5. The molecular formula is C29H34FN3O5. The molecule has 5 rings (SSSR count). The highest BCUT2D eigenvalue weighted by Crippen LogP contribution is 2.32. The van der Waals surface area contributed by atoms with Crippen molar-refractivity contribution in [1.29, 1.82) is 0 Å². The Hall–Kier alpha value is -3.62. The van der Waals surface area contributed by atoms with E-state index in [-0.39, 0.29) is 30.6 Å². The summed E-state index contributed by atoms with van der Waals surface area (Å²) in [5, 5.41) is 3.53. The standard InChI is InChI=1S/C29H34FN3O5/c1-37-28(35)19-11-13-22(14-12-19)38-16-15-32-27(34)23-17-24(30)25(31-20-7-3-2-4-8-20)18-26(23)33(29(32)36)21-9-5-6-10-21/h11-14,17-18,20-21,31H,2-10,15-16H2,1H3. The summed E-state index contributed by atoms with van der Waals surface area (Å²) in [5.74, 6) is -0.437. The molecule has 2 saturated carbocycles. The van der Waals surface area contributed by atoms with Crippen LogP contribution in [-0.2, 0) is 11.3 Å². The highest BCUT2D eigenvalue weighted by molar-refractivity contribution is 5.89. The molecule has 1 aromatic heterocycles. The SMILES string of the molecule is COC(=O)c1ccc(OCCn2c(=O)c3cc(F)c(NC4CCCCC4)cc3n(C3CCCC3)c2=O)cc1. The number of nitrogens with one attached hydrogen (secondary N) is 1. The van der Waals surface area contributed by atoms with Crippen molar-refractivity contribution in [3.8, 4) is 5.75 Å². The zero-order valence-corrected chi connectivity index (χ0v) is 21.7. The molecule has 1 N–H and O–H groups in total. The maximum absolute atomic E-state index is 15.2. The number of hydrogen-bond donors (Lipinski definition) is 1. The molecule has 0 saturated heterocycles. The first-order valence-electron chi connectivity index (χ1n) is 13.5. The Morgan fingerprint density at radius 3 is 2.37 bits per heavy atom. The van der Waals surface area contributed by atoms with E-state index in [9.17, 15) is 14.4 Å². The third kappa shape index (κ3) is 5.33. The summed E-state index contributed by atoms with van der Waals surface area (Å²) in [5.41, 5.74) is 0.319. The monoisotopic (exact) mass is 523 g/mol. The molecule has 1 heterocycles. The Labute approximate surface area is 220 Å². The second-order valence-corrected chi connectivity index (χ2v) is 10.2. The molecular weight excluding hydrogens is 489 g/mol. The molecule has 0 radical (unpaired) electrons. The van der Waals surface area contributed by atoms with Gasteiger partial charge in [0.15, 0.2) is 0 Å². The van der Waals surface area contributed by atoms with Crippen molar-refractivity contribution in [3.05, 3.63) is 68.6 Å². The number of rotatable bonds is 8. The van der Waals surface area contributed by atoms with Crippen molar-refractivity contribution in [1.82, 2.24) is 9.13 Å². The minimum Gasteiger partial charge on any atom is -0.492 e. The van der Waals surface area contributed by atoms with Crippen LogP contribution >= 0.6 is 0 Å². The summed E-state index contributed by atoms with van der Waals surface area (Å²) in [6.45, 7) is 0.0788. The maximum Gasteiger partial charge on any atom is 0.337 e. The van der Waals surface area contributed by atoms with E-state index in [0.29, 0.717) is 22.5 Å². The molecule has 38 heavy (non-hydrogen) atoms. The number of carbonyl (C=O) groups excluding carboxylic acids is 1. The fourth-order valence-corrected chi connectivity index (χ4v) is 5.75. The number of ether oxygens (including phenoxy) is 2. The van der Waals surface area contributed by atoms with Crippen LogP contribution < -0.4 is 21.3 Å². The third-order valence-corrected chi connectivity index (χ3v) is 7.77. The largest absolute Gasteiger partial charge is 0.492 e. The first kappa shape index (κ1) is 26.0. The summed E-state index contributed by atoms with van der Waals surface area (Å²) in [6.07, 6.45) is 9.11. The molecule has 0 aliphatic heterocycles. The van der Waals surface area contributed by atoms with Crippen molar-refractivity contribution in [2.75, 3.05) is 19.0 Å². The predicted octanol–water partition coefficient (Wildman–Crippen LogP) is 5.03. The topological polar surface area (TPSA) is 91.6 Å². The Bertz CT molecular complexity index is 1420. The van der Waals surface area contributed by atoms with Gasteiger partial charge in [-0.25, -0.2) is 14.0 Å². The summed E-state index contributed by atoms with van der Waals surface area (Å²) in [7, 11) is 1.31. The lowest BCUT2D eigenvalue weighted by atomic mass is 9.95. The smallest absolute Gasteiger partial charge is 0.337 e. The number of benzene rings is 2. The zero-order chi connectivity index (χ0) is 26.6. The number of nitrogens with zero attached hydrogens (tertiary/aromatic N) is 2. The van der Waals surface area contributed by atoms with Gasteiger partial charge < -0.3 is 14.8 Å². The number of hydrogen-bond acceptors (Lipinski definition) is 6. The van der Waals surface area contributed by atoms with Crippen LogP contribution in [-0.4, -0.2) is 34.9 Å². The molecule has 202 valence electrons. The van der Waals surface area contributed by atoms with E-state index in [1.54, 1.807) is 34.9 Å². The predicted molar refractivity (Wildman–Crippen MR) is 144 cm³/mol. The van der Waals surface area contributed by atoms with Crippen molar-refractivity contribution < 1.29 is 18.7 Å². The first-order chi connectivity index (χ1) is 18.5. The van der Waals surface area contributed by atoms with Crippen LogP contribution in [0.1, 0.15) is 74.2 Å². The molecule has 0 unspecified atom stereocenters. The number of methoxy groups -OCH3 is 1. The van der Waals surface area contributed by atoms with E-state index in [1.165, 1.54) is 19.6 Å². The fraction of sp³-hybridized carbons (Fsp3) is 0.483. The van der Waals surface area contributed by atoms with Crippen LogP contribution in [0.5, 0.6) is 5.75 Å². The van der Waals surface area contributed by atoms with Crippen LogP contribution in [0.3, 0.4) is 0 Å². The minimum absolute atomic E-state index is 0.0166. The van der Waals surface area contributed by atoms with Gasteiger partial charge in [-0.1, -0.05) is 32.1 Å². The van der Waals surface area contributed by atoms with Crippen LogP contribution in [0.2, 0.25) is 0 Å². The molecule has 8 nitrogen and oxygen atoms in total. The summed E-state index contributed by atoms with van der Waals surface area (Å²) in [4.78, 5) is 38.7. The third-order valence-electron chi connectivity index (χ3n) is 7.77. The van der Waals surface area contributed by atoms with E-state index in [2.05, 4.69) is 5.32 Å². The molecule has 2 fully saturated rings. The summed E-state index contributed by atoms with van der Waals surface area (Å²) in [6, 6.07) is 9.51. The van der Waals surface area contributed by atoms with E-state index in [0.717, 1.165) is 55.9 Å². The second kappa shape index (κ2) is 11.4. The molecule has 0 amide bonds. The van der Waals surface area contributed by atoms with Gasteiger partial charge in [0.2, 0.25) is 0 Å². The van der Waals surface area contributed by atoms with Crippen LogP contribution in [0, 0.1) is 5.82 Å². The molecule has 0 bridgehead atoms. The second-order valence-electron chi connectivity index (χ2n) is 10.2. The van der Waals surface area contributed by atoms with E-state index < -0.39 is 23.0 Å². The van der Waals surface area contributed by atoms with Gasteiger partial charge in [0.05, 0.1) is 35.8 Å². The van der Waals surface area contributed by atoms with Crippen molar-refractivity contribution in [3.63, 3.8) is 0 Å². The molecule has 9 heteroatoms. The molecule has 0 atom stereocenters. The lowest BCUT2D eigenvalue weighted by Gasteiger charge is -2.25. The van der Waals surface area contributed by atoms with E-state index in [4.69, 9.17) is 9.47 Å². The highest BCUT2D eigenvalue weighted by atomic mass is 19.1. The van der Waals surface area contributed by atoms with Gasteiger partial charge in [0.25, 0.3) is 5.56 Å². The number of aromatic nitrogens is 2. The average Bonchev–Trinajstić information content (AvgIpc) is 3.47. The Kier molecular flexibility index (Phi) is 7.81. The van der Waals surface area contributed by atoms with E-state index in [1.807, 2.05) is 0 Å². The number of carbonyl (C=O) groups is 1. The quantitative estimate of drug-likeness (QED) is 0.417. The Balaban J connectivity index is 1.45. The number of esters is 1. The maximum atomic E-state index is 15.2. The molecule has 3 aromatic rings.